The van der Waals surface area contributed by atoms with Crippen LogP contribution in [0.3, 0.4) is 0 Å². The highest BCUT2D eigenvalue weighted by atomic mass is 35.5. The predicted octanol–water partition coefficient (Wildman–Crippen LogP) is 3.28. The second-order valence-corrected chi connectivity index (χ2v) is 6.42. The van der Waals surface area contributed by atoms with E-state index in [0.717, 1.165) is 12.6 Å². The van der Waals surface area contributed by atoms with Gasteiger partial charge in [-0.05, 0) is 42.8 Å². The van der Waals surface area contributed by atoms with Crippen molar-refractivity contribution in [2.45, 2.75) is 18.4 Å². The number of rotatable bonds is 5. The van der Waals surface area contributed by atoms with Crippen LogP contribution < -0.4 is 20.1 Å². The average molecular weight is 413 g/mol. The minimum atomic E-state index is -0.882. The Morgan fingerprint density at radius 3 is 2.57 bits per heavy atom. The lowest BCUT2D eigenvalue weighted by atomic mass is 9.85. The molecule has 2 N–H and O–H groups in total. The molecule has 0 aliphatic carbocycles. The number of benzene rings is 2. The molecule has 1 heterocycles. The fourth-order valence-electron chi connectivity index (χ4n) is 3.38. The summed E-state index contributed by atoms with van der Waals surface area (Å²) in [5, 5.41) is 6.22. The molecular weight excluding hydrogens is 390 g/mol. The van der Waals surface area contributed by atoms with E-state index in [1.54, 1.807) is 24.3 Å². The number of piperidine rings is 1. The molecule has 3 rings (SSSR count). The Hall–Kier alpha value is -2.38. The van der Waals surface area contributed by atoms with Gasteiger partial charge in [0.15, 0.2) is 11.6 Å². The number of ether oxygens (including phenoxy) is 2. The molecule has 0 radical (unpaired) electrons. The highest BCUT2D eigenvalue weighted by Gasteiger charge is 2.29. The fourth-order valence-corrected chi connectivity index (χ4v) is 3.38. The lowest BCUT2D eigenvalue weighted by Crippen LogP contribution is -2.50. The molecule has 1 amide bonds. The third kappa shape index (κ3) is 4.72. The predicted molar refractivity (Wildman–Crippen MR) is 105 cm³/mol. The lowest BCUT2D eigenvalue weighted by Gasteiger charge is -2.33. The van der Waals surface area contributed by atoms with Gasteiger partial charge in [0.2, 0.25) is 0 Å². The second kappa shape index (κ2) is 9.71. The Morgan fingerprint density at radius 2 is 1.89 bits per heavy atom. The van der Waals surface area contributed by atoms with Crippen molar-refractivity contribution < 1.29 is 23.0 Å². The molecule has 2 aromatic carbocycles. The first-order valence-electron chi connectivity index (χ1n) is 8.72. The van der Waals surface area contributed by atoms with Crippen LogP contribution in [-0.2, 0) is 0 Å². The smallest absolute Gasteiger partial charge is 0.255 e. The molecule has 1 aliphatic heterocycles. The van der Waals surface area contributed by atoms with E-state index in [4.69, 9.17) is 9.47 Å². The molecule has 2 aromatic rings. The van der Waals surface area contributed by atoms with E-state index >= 15 is 0 Å². The first-order valence-corrected chi connectivity index (χ1v) is 8.72. The standard InChI is InChI=1S/C20H22F2N2O3.ClH/c1-26-13-4-5-15(19(10-13)27-2)20(25)24-18-11-23-8-7-14(18)12-3-6-16(21)17(22)9-12;/h3-6,9-10,14,18,23H,7-8,11H2,1-2H3,(H,24,25);1H. The second-order valence-electron chi connectivity index (χ2n) is 6.42. The van der Waals surface area contributed by atoms with Gasteiger partial charge in [0.1, 0.15) is 11.5 Å². The minimum Gasteiger partial charge on any atom is -0.497 e. The summed E-state index contributed by atoms with van der Waals surface area (Å²) in [6.45, 7) is 1.27. The van der Waals surface area contributed by atoms with E-state index in [1.165, 1.54) is 20.3 Å². The highest BCUT2D eigenvalue weighted by Crippen LogP contribution is 2.29. The molecule has 1 aliphatic rings. The minimum absolute atomic E-state index is 0. The summed E-state index contributed by atoms with van der Waals surface area (Å²) in [6.07, 6.45) is 0.704. The molecule has 5 nitrogen and oxygen atoms in total. The molecule has 2 unspecified atom stereocenters. The summed E-state index contributed by atoms with van der Waals surface area (Å²) in [5.74, 6) is -1.18. The first kappa shape index (κ1) is 21.9. The van der Waals surface area contributed by atoms with Gasteiger partial charge in [-0.3, -0.25) is 4.79 Å². The Labute approximate surface area is 168 Å². The van der Waals surface area contributed by atoms with Gasteiger partial charge >= 0.3 is 0 Å². The Balaban J connectivity index is 0.00000280. The van der Waals surface area contributed by atoms with Crippen LogP contribution in [-0.4, -0.2) is 39.3 Å². The summed E-state index contributed by atoms with van der Waals surface area (Å²) in [4.78, 5) is 12.8. The van der Waals surface area contributed by atoms with Gasteiger partial charge in [-0.25, -0.2) is 8.78 Å². The number of halogens is 3. The van der Waals surface area contributed by atoms with Crippen LogP contribution in [0, 0.1) is 11.6 Å². The quantitative estimate of drug-likeness (QED) is 0.791. The van der Waals surface area contributed by atoms with Crippen LogP contribution >= 0.6 is 12.4 Å². The van der Waals surface area contributed by atoms with E-state index < -0.39 is 11.6 Å². The number of hydrogen-bond acceptors (Lipinski definition) is 4. The molecule has 152 valence electrons. The van der Waals surface area contributed by atoms with Crippen molar-refractivity contribution in [3.05, 3.63) is 59.2 Å². The maximum atomic E-state index is 13.7. The maximum Gasteiger partial charge on any atom is 0.255 e. The van der Waals surface area contributed by atoms with Crippen molar-refractivity contribution in [1.29, 1.82) is 0 Å². The van der Waals surface area contributed by atoms with Crippen LogP contribution in [0.15, 0.2) is 36.4 Å². The zero-order chi connectivity index (χ0) is 19.4. The third-order valence-electron chi connectivity index (χ3n) is 4.82. The summed E-state index contributed by atoms with van der Waals surface area (Å²) < 4.78 is 37.4. The number of hydrogen-bond donors (Lipinski definition) is 2. The van der Waals surface area contributed by atoms with E-state index in [2.05, 4.69) is 10.6 Å². The maximum absolute atomic E-state index is 13.7. The molecule has 0 aromatic heterocycles. The Kier molecular flexibility index (Phi) is 7.60. The summed E-state index contributed by atoms with van der Waals surface area (Å²) in [7, 11) is 3.02. The third-order valence-corrected chi connectivity index (χ3v) is 4.82. The molecule has 28 heavy (non-hydrogen) atoms. The Bertz CT molecular complexity index is 835. The zero-order valence-electron chi connectivity index (χ0n) is 15.6. The fraction of sp³-hybridized carbons (Fsp3) is 0.350. The monoisotopic (exact) mass is 412 g/mol. The number of carbonyl (C=O) groups is 1. The van der Waals surface area contributed by atoms with Gasteiger partial charge in [-0.1, -0.05) is 6.07 Å². The van der Waals surface area contributed by atoms with Crippen molar-refractivity contribution in [1.82, 2.24) is 10.6 Å². The van der Waals surface area contributed by atoms with E-state index in [-0.39, 0.29) is 30.3 Å². The number of methoxy groups -OCH3 is 2. The largest absolute Gasteiger partial charge is 0.497 e. The topological polar surface area (TPSA) is 59.6 Å². The normalized spacial score (nSPS) is 18.7. The molecule has 0 saturated carbocycles. The number of carbonyl (C=O) groups excluding carboxylic acids is 1. The van der Waals surface area contributed by atoms with E-state index in [1.807, 2.05) is 0 Å². The van der Waals surface area contributed by atoms with Crippen molar-refractivity contribution >= 4 is 18.3 Å². The average Bonchev–Trinajstić information content (AvgIpc) is 2.70. The van der Waals surface area contributed by atoms with Gasteiger partial charge in [-0.2, -0.15) is 0 Å². The van der Waals surface area contributed by atoms with E-state index in [0.29, 0.717) is 35.6 Å². The van der Waals surface area contributed by atoms with Crippen LogP contribution in [0.2, 0.25) is 0 Å². The molecule has 1 fully saturated rings. The van der Waals surface area contributed by atoms with Crippen LogP contribution in [0.4, 0.5) is 8.78 Å². The van der Waals surface area contributed by atoms with Crippen molar-refractivity contribution in [2.24, 2.45) is 0 Å². The molecular formula is C20H23ClF2N2O3. The molecule has 0 spiro atoms. The Morgan fingerprint density at radius 1 is 1.11 bits per heavy atom. The molecule has 8 heteroatoms. The zero-order valence-corrected chi connectivity index (χ0v) is 16.4. The first-order chi connectivity index (χ1) is 13.0. The SMILES string of the molecule is COc1ccc(C(=O)NC2CNCCC2c2ccc(F)c(F)c2)c(OC)c1.Cl. The molecule has 0 bridgehead atoms. The van der Waals surface area contributed by atoms with E-state index in [9.17, 15) is 13.6 Å². The van der Waals surface area contributed by atoms with Crippen LogP contribution in [0.25, 0.3) is 0 Å². The van der Waals surface area contributed by atoms with Crippen LogP contribution in [0.5, 0.6) is 11.5 Å². The summed E-state index contributed by atoms with van der Waals surface area (Å²) in [5.41, 5.74) is 1.05. The summed E-state index contributed by atoms with van der Waals surface area (Å²) >= 11 is 0. The van der Waals surface area contributed by atoms with Gasteiger partial charge in [0.25, 0.3) is 5.91 Å². The van der Waals surface area contributed by atoms with Crippen molar-refractivity contribution in [2.75, 3.05) is 27.3 Å². The molecule has 1 saturated heterocycles. The number of nitrogens with one attached hydrogen (secondary N) is 2. The lowest BCUT2D eigenvalue weighted by molar-refractivity contribution is 0.0921. The van der Waals surface area contributed by atoms with Gasteiger partial charge in [-0.15, -0.1) is 12.4 Å². The molecule has 2 atom stereocenters. The van der Waals surface area contributed by atoms with Crippen molar-refractivity contribution in [3.8, 4) is 11.5 Å². The summed E-state index contributed by atoms with van der Waals surface area (Å²) in [6, 6.07) is 8.60. The van der Waals surface area contributed by atoms with Gasteiger partial charge in [0, 0.05) is 24.6 Å². The van der Waals surface area contributed by atoms with Gasteiger partial charge < -0.3 is 20.1 Å². The highest BCUT2D eigenvalue weighted by molar-refractivity contribution is 5.97. The van der Waals surface area contributed by atoms with Gasteiger partial charge in [0.05, 0.1) is 19.8 Å². The van der Waals surface area contributed by atoms with Crippen LogP contribution in [0.1, 0.15) is 28.3 Å². The number of amides is 1. The van der Waals surface area contributed by atoms with Crippen molar-refractivity contribution in [3.63, 3.8) is 0 Å².